The van der Waals surface area contributed by atoms with Crippen LogP contribution in [0.5, 0.6) is 16.7 Å². The van der Waals surface area contributed by atoms with Gasteiger partial charge in [0.2, 0.25) is 0 Å². The number of carboxylic acid groups (broad SMARTS) is 1. The number of carbonyl (C=O) groups is 1. The Balaban J connectivity index is 2.31. The largest absolute Gasteiger partial charge is 0.493 e. The fraction of sp³-hybridized carbons (Fsp3) is 0.250. The number of methoxy groups -OCH3 is 1. The van der Waals surface area contributed by atoms with Crippen LogP contribution in [-0.4, -0.2) is 27.5 Å². The molecule has 6 nitrogen and oxygen atoms in total. The van der Waals surface area contributed by atoms with Gasteiger partial charge in [0.25, 0.3) is 5.19 Å². The molecule has 1 aromatic carbocycles. The van der Waals surface area contributed by atoms with E-state index < -0.39 is 5.97 Å². The molecule has 0 unspecified atom stereocenters. The Hall–Kier alpha value is -2.15. The lowest BCUT2D eigenvalue weighted by Crippen LogP contribution is -1.98. The molecule has 0 bridgehead atoms. The molecule has 0 aliphatic carbocycles. The van der Waals surface area contributed by atoms with Gasteiger partial charge in [-0.25, -0.2) is 4.79 Å². The number of hydrogen-bond acceptors (Lipinski definition) is 6. The van der Waals surface area contributed by atoms with Crippen LogP contribution in [0.3, 0.4) is 0 Å². The van der Waals surface area contributed by atoms with Crippen molar-refractivity contribution < 1.29 is 19.4 Å². The topological polar surface area (TPSA) is 81.5 Å². The van der Waals surface area contributed by atoms with Crippen molar-refractivity contribution in [1.29, 1.82) is 0 Å². The van der Waals surface area contributed by atoms with E-state index in [4.69, 9.17) is 14.6 Å². The Kier molecular flexibility index (Phi) is 3.96. The maximum absolute atomic E-state index is 10.9. The third-order valence-corrected chi connectivity index (χ3v) is 3.01. The van der Waals surface area contributed by atoms with E-state index in [0.717, 1.165) is 11.5 Å². The first-order valence-corrected chi connectivity index (χ1v) is 6.33. The number of rotatable bonds is 5. The van der Waals surface area contributed by atoms with E-state index in [1.165, 1.54) is 19.2 Å². The van der Waals surface area contributed by atoms with E-state index in [1.807, 2.05) is 6.92 Å². The molecule has 19 heavy (non-hydrogen) atoms. The predicted molar refractivity (Wildman–Crippen MR) is 69.3 cm³/mol. The summed E-state index contributed by atoms with van der Waals surface area (Å²) < 4.78 is 14.7. The molecule has 0 aliphatic heterocycles. The molecule has 0 amide bonds. The minimum absolute atomic E-state index is 0.121. The summed E-state index contributed by atoms with van der Waals surface area (Å²) in [5.41, 5.74) is 0.121. The van der Waals surface area contributed by atoms with Crippen LogP contribution in [-0.2, 0) is 6.42 Å². The number of aromatic nitrogens is 2. The molecule has 0 aliphatic rings. The number of carboxylic acids is 1. The SMILES string of the molecule is CCc1nsc(Oc2cc(C(=O)O)ccc2OC)n1. The summed E-state index contributed by atoms with van der Waals surface area (Å²) in [5, 5.41) is 9.32. The van der Waals surface area contributed by atoms with Gasteiger partial charge in [-0.2, -0.15) is 9.36 Å². The molecule has 0 fully saturated rings. The number of ether oxygens (including phenoxy) is 2. The Morgan fingerprint density at radius 2 is 2.21 bits per heavy atom. The molecule has 0 atom stereocenters. The van der Waals surface area contributed by atoms with Crippen molar-refractivity contribution in [3.05, 3.63) is 29.6 Å². The van der Waals surface area contributed by atoms with Gasteiger partial charge in [0, 0.05) is 18.0 Å². The zero-order valence-electron chi connectivity index (χ0n) is 10.4. The van der Waals surface area contributed by atoms with Gasteiger partial charge in [0.05, 0.1) is 12.7 Å². The van der Waals surface area contributed by atoms with Crippen molar-refractivity contribution in [3.8, 4) is 16.7 Å². The van der Waals surface area contributed by atoms with Gasteiger partial charge in [-0.3, -0.25) is 0 Å². The Bertz CT molecular complexity index is 597. The lowest BCUT2D eigenvalue weighted by atomic mass is 10.2. The van der Waals surface area contributed by atoms with Crippen LogP contribution in [0.1, 0.15) is 23.1 Å². The van der Waals surface area contributed by atoms with Gasteiger partial charge < -0.3 is 14.6 Å². The number of aryl methyl sites for hydroxylation is 1. The smallest absolute Gasteiger partial charge is 0.335 e. The van der Waals surface area contributed by atoms with E-state index in [1.54, 1.807) is 6.07 Å². The van der Waals surface area contributed by atoms with Crippen LogP contribution in [0.4, 0.5) is 0 Å². The van der Waals surface area contributed by atoms with Crippen LogP contribution in [0.25, 0.3) is 0 Å². The molecule has 0 spiro atoms. The van der Waals surface area contributed by atoms with Gasteiger partial charge in [-0.05, 0) is 18.2 Å². The standard InChI is InChI=1S/C12H12N2O4S/c1-3-10-13-12(19-14-10)18-9-6-7(11(15)16)4-5-8(9)17-2/h4-6H,3H2,1-2H3,(H,15,16). The molecule has 2 aromatic rings. The molecule has 0 saturated heterocycles. The molecular formula is C12H12N2O4S. The molecule has 100 valence electrons. The highest BCUT2D eigenvalue weighted by Crippen LogP contribution is 2.33. The van der Waals surface area contributed by atoms with E-state index >= 15 is 0 Å². The highest BCUT2D eigenvalue weighted by atomic mass is 32.1. The normalized spacial score (nSPS) is 10.2. The molecule has 1 aromatic heterocycles. The van der Waals surface area contributed by atoms with Gasteiger partial charge in [-0.1, -0.05) is 6.92 Å². The monoisotopic (exact) mass is 280 g/mol. The first-order valence-electron chi connectivity index (χ1n) is 5.55. The van der Waals surface area contributed by atoms with Crippen molar-refractivity contribution in [2.75, 3.05) is 7.11 Å². The second-order valence-corrected chi connectivity index (χ2v) is 4.32. The average Bonchev–Trinajstić information content (AvgIpc) is 2.86. The lowest BCUT2D eigenvalue weighted by molar-refractivity contribution is 0.0696. The lowest BCUT2D eigenvalue weighted by Gasteiger charge is -2.08. The fourth-order valence-electron chi connectivity index (χ4n) is 1.41. The number of aromatic carboxylic acids is 1. The highest BCUT2D eigenvalue weighted by molar-refractivity contribution is 7.07. The fourth-order valence-corrected chi connectivity index (χ4v) is 2.03. The van der Waals surface area contributed by atoms with Crippen molar-refractivity contribution in [2.45, 2.75) is 13.3 Å². The van der Waals surface area contributed by atoms with E-state index in [2.05, 4.69) is 9.36 Å². The maximum Gasteiger partial charge on any atom is 0.335 e. The molecule has 7 heteroatoms. The average molecular weight is 280 g/mol. The Morgan fingerprint density at radius 1 is 1.42 bits per heavy atom. The zero-order chi connectivity index (χ0) is 13.8. The highest BCUT2D eigenvalue weighted by Gasteiger charge is 2.13. The second kappa shape index (κ2) is 5.66. The van der Waals surface area contributed by atoms with Crippen LogP contribution in [0, 0.1) is 0 Å². The maximum atomic E-state index is 10.9. The van der Waals surface area contributed by atoms with Crippen LogP contribution >= 0.6 is 11.5 Å². The van der Waals surface area contributed by atoms with Crippen molar-refractivity contribution in [1.82, 2.24) is 9.36 Å². The summed E-state index contributed by atoms with van der Waals surface area (Å²) in [6.07, 6.45) is 0.714. The summed E-state index contributed by atoms with van der Waals surface area (Å²) in [5.74, 6) is 0.409. The van der Waals surface area contributed by atoms with Gasteiger partial charge >= 0.3 is 5.97 Å². The Labute approximate surface area is 113 Å². The first-order chi connectivity index (χ1) is 9.13. The predicted octanol–water partition coefficient (Wildman–Crippen LogP) is 2.60. The quantitative estimate of drug-likeness (QED) is 0.906. The number of benzene rings is 1. The third kappa shape index (κ3) is 3.00. The molecule has 2 rings (SSSR count). The van der Waals surface area contributed by atoms with Crippen LogP contribution in [0.2, 0.25) is 0 Å². The van der Waals surface area contributed by atoms with Gasteiger partial charge in [0.1, 0.15) is 5.82 Å². The molecule has 1 heterocycles. The first kappa shape index (κ1) is 13.3. The second-order valence-electron chi connectivity index (χ2n) is 3.60. The number of nitrogens with zero attached hydrogens (tertiary/aromatic N) is 2. The van der Waals surface area contributed by atoms with E-state index in [-0.39, 0.29) is 5.56 Å². The van der Waals surface area contributed by atoms with Crippen molar-refractivity contribution in [2.24, 2.45) is 0 Å². The van der Waals surface area contributed by atoms with Crippen LogP contribution < -0.4 is 9.47 Å². The zero-order valence-corrected chi connectivity index (χ0v) is 11.2. The van der Waals surface area contributed by atoms with E-state index in [0.29, 0.717) is 28.9 Å². The summed E-state index contributed by atoms with van der Waals surface area (Å²) in [4.78, 5) is 15.1. The minimum atomic E-state index is -1.03. The van der Waals surface area contributed by atoms with Crippen molar-refractivity contribution >= 4 is 17.5 Å². The van der Waals surface area contributed by atoms with Gasteiger partial charge in [-0.15, -0.1) is 0 Å². The Morgan fingerprint density at radius 3 is 2.79 bits per heavy atom. The third-order valence-electron chi connectivity index (χ3n) is 2.37. The minimum Gasteiger partial charge on any atom is -0.493 e. The molecule has 0 radical (unpaired) electrons. The van der Waals surface area contributed by atoms with Crippen molar-refractivity contribution in [3.63, 3.8) is 0 Å². The molecular weight excluding hydrogens is 268 g/mol. The summed E-state index contributed by atoms with van der Waals surface area (Å²) >= 11 is 1.12. The summed E-state index contributed by atoms with van der Waals surface area (Å²) in [6, 6.07) is 4.39. The van der Waals surface area contributed by atoms with Crippen LogP contribution in [0.15, 0.2) is 18.2 Å². The molecule has 0 saturated carbocycles. The van der Waals surface area contributed by atoms with E-state index in [9.17, 15) is 4.79 Å². The summed E-state index contributed by atoms with van der Waals surface area (Å²) in [6.45, 7) is 1.94. The molecule has 1 N–H and O–H groups in total. The summed E-state index contributed by atoms with van der Waals surface area (Å²) in [7, 11) is 1.49. The van der Waals surface area contributed by atoms with Gasteiger partial charge in [0.15, 0.2) is 11.5 Å². The number of hydrogen-bond donors (Lipinski definition) is 1.